The summed E-state index contributed by atoms with van der Waals surface area (Å²) in [7, 11) is 3.05. The van der Waals surface area contributed by atoms with Crippen molar-refractivity contribution in [1.82, 2.24) is 5.32 Å². The molecule has 90 valence electrons. The first-order valence-electron chi connectivity index (χ1n) is 5.36. The minimum absolute atomic E-state index is 0.0263. The molecule has 15 heavy (non-hydrogen) atoms. The third-order valence-corrected chi connectivity index (χ3v) is 2.50. The van der Waals surface area contributed by atoms with Crippen LogP contribution in [0.2, 0.25) is 0 Å². The van der Waals surface area contributed by atoms with Crippen LogP contribution in [0.3, 0.4) is 0 Å². The number of carbonyl (C=O) groups excluding carboxylic acids is 1. The average molecular weight is 217 g/mol. The van der Waals surface area contributed by atoms with Gasteiger partial charge in [-0.15, -0.1) is 0 Å². The topological polar surface area (TPSA) is 47.6 Å². The summed E-state index contributed by atoms with van der Waals surface area (Å²) in [4.78, 5) is 11.7. The lowest BCUT2D eigenvalue weighted by Gasteiger charge is -2.30. The summed E-state index contributed by atoms with van der Waals surface area (Å²) < 4.78 is 9.97. The van der Waals surface area contributed by atoms with Gasteiger partial charge in [0.1, 0.15) is 5.54 Å². The Balaban J connectivity index is 4.46. The van der Waals surface area contributed by atoms with Crippen molar-refractivity contribution in [2.75, 3.05) is 20.8 Å². The summed E-state index contributed by atoms with van der Waals surface area (Å²) in [5.74, 6) is -0.236. The van der Waals surface area contributed by atoms with Crippen molar-refractivity contribution in [2.45, 2.75) is 45.3 Å². The number of hydrogen-bond acceptors (Lipinski definition) is 4. The highest BCUT2D eigenvalue weighted by atomic mass is 16.5. The highest BCUT2D eigenvalue weighted by molar-refractivity contribution is 5.80. The van der Waals surface area contributed by atoms with Crippen molar-refractivity contribution in [3.63, 3.8) is 0 Å². The highest BCUT2D eigenvalue weighted by Gasteiger charge is 2.35. The molecule has 0 aromatic heterocycles. The van der Waals surface area contributed by atoms with Crippen LogP contribution in [-0.2, 0) is 14.3 Å². The molecule has 0 heterocycles. The van der Waals surface area contributed by atoms with E-state index in [1.165, 1.54) is 7.11 Å². The van der Waals surface area contributed by atoms with Crippen molar-refractivity contribution in [2.24, 2.45) is 0 Å². The van der Waals surface area contributed by atoms with Gasteiger partial charge in [0.2, 0.25) is 0 Å². The van der Waals surface area contributed by atoms with Gasteiger partial charge in [0.25, 0.3) is 0 Å². The second-order valence-corrected chi connectivity index (χ2v) is 4.00. The largest absolute Gasteiger partial charge is 0.468 e. The smallest absolute Gasteiger partial charge is 0.325 e. The zero-order valence-electron chi connectivity index (χ0n) is 10.4. The summed E-state index contributed by atoms with van der Waals surface area (Å²) in [5.41, 5.74) is -0.653. The molecule has 0 aromatic rings. The Bertz CT molecular complexity index is 196. The average Bonchev–Trinajstić information content (AvgIpc) is 2.24. The molecule has 0 saturated heterocycles. The van der Waals surface area contributed by atoms with Crippen LogP contribution in [-0.4, -0.2) is 38.4 Å². The molecular weight excluding hydrogens is 194 g/mol. The van der Waals surface area contributed by atoms with Gasteiger partial charge in [-0.05, 0) is 26.8 Å². The van der Waals surface area contributed by atoms with Crippen LogP contribution in [0, 0.1) is 0 Å². The molecule has 0 bridgehead atoms. The van der Waals surface area contributed by atoms with Gasteiger partial charge in [-0.25, -0.2) is 0 Å². The normalized spacial score (nSPS) is 16.9. The molecule has 2 atom stereocenters. The van der Waals surface area contributed by atoms with Gasteiger partial charge in [-0.2, -0.15) is 0 Å². The highest BCUT2D eigenvalue weighted by Crippen LogP contribution is 2.16. The predicted molar refractivity (Wildman–Crippen MR) is 59.8 cm³/mol. The van der Waals surface area contributed by atoms with Crippen molar-refractivity contribution >= 4 is 5.97 Å². The molecule has 2 unspecified atom stereocenters. The summed E-state index contributed by atoms with van der Waals surface area (Å²) in [6, 6.07) is 0. The standard InChI is InChI=1S/C11H23NO3/c1-6-7-12-11(3,10(13)15-5)8-9(2)14-4/h9,12H,6-8H2,1-5H3. The van der Waals surface area contributed by atoms with E-state index < -0.39 is 5.54 Å². The zero-order valence-corrected chi connectivity index (χ0v) is 10.4. The van der Waals surface area contributed by atoms with Gasteiger partial charge in [0.05, 0.1) is 13.2 Å². The molecule has 0 amide bonds. The summed E-state index contributed by atoms with van der Waals surface area (Å²) >= 11 is 0. The van der Waals surface area contributed by atoms with Crippen molar-refractivity contribution in [3.05, 3.63) is 0 Å². The molecular formula is C11H23NO3. The minimum atomic E-state index is -0.653. The Morgan fingerprint density at radius 1 is 1.47 bits per heavy atom. The van der Waals surface area contributed by atoms with Crippen LogP contribution in [0.4, 0.5) is 0 Å². The number of hydrogen-bond donors (Lipinski definition) is 1. The molecule has 4 heteroatoms. The Labute approximate surface area is 92.3 Å². The number of rotatable bonds is 7. The van der Waals surface area contributed by atoms with Gasteiger partial charge >= 0.3 is 5.97 Å². The van der Waals surface area contributed by atoms with Crippen LogP contribution in [0.5, 0.6) is 0 Å². The summed E-state index contributed by atoms with van der Waals surface area (Å²) in [6.07, 6.45) is 1.61. The molecule has 0 spiro atoms. The van der Waals surface area contributed by atoms with E-state index in [1.54, 1.807) is 7.11 Å². The lowest BCUT2D eigenvalue weighted by Crippen LogP contribution is -2.52. The van der Waals surface area contributed by atoms with E-state index in [0.717, 1.165) is 13.0 Å². The number of esters is 1. The summed E-state index contributed by atoms with van der Waals surface area (Å²) in [5, 5.41) is 3.21. The maximum Gasteiger partial charge on any atom is 0.325 e. The third-order valence-electron chi connectivity index (χ3n) is 2.50. The van der Waals surface area contributed by atoms with Crippen LogP contribution in [0.25, 0.3) is 0 Å². The lowest BCUT2D eigenvalue weighted by atomic mass is 9.94. The second kappa shape index (κ2) is 6.80. The second-order valence-electron chi connectivity index (χ2n) is 4.00. The van der Waals surface area contributed by atoms with Crippen molar-refractivity contribution in [1.29, 1.82) is 0 Å². The summed E-state index contributed by atoms with van der Waals surface area (Å²) in [6.45, 7) is 6.64. The van der Waals surface area contributed by atoms with Gasteiger partial charge in [-0.1, -0.05) is 6.92 Å². The quantitative estimate of drug-likeness (QED) is 0.654. The first-order chi connectivity index (χ1) is 7.00. The van der Waals surface area contributed by atoms with E-state index in [-0.39, 0.29) is 12.1 Å². The Hall–Kier alpha value is -0.610. The van der Waals surface area contributed by atoms with E-state index in [9.17, 15) is 4.79 Å². The van der Waals surface area contributed by atoms with Crippen LogP contribution >= 0.6 is 0 Å². The monoisotopic (exact) mass is 217 g/mol. The number of nitrogens with one attached hydrogen (secondary N) is 1. The molecule has 0 radical (unpaired) electrons. The molecule has 1 N–H and O–H groups in total. The van der Waals surface area contributed by atoms with Gasteiger partial charge in [0.15, 0.2) is 0 Å². The van der Waals surface area contributed by atoms with E-state index in [4.69, 9.17) is 9.47 Å². The Kier molecular flexibility index (Phi) is 6.52. The molecule has 0 fully saturated rings. The zero-order chi connectivity index (χ0) is 11.9. The molecule has 0 aliphatic heterocycles. The molecule has 0 aliphatic carbocycles. The number of carbonyl (C=O) groups is 1. The maximum absolute atomic E-state index is 11.7. The van der Waals surface area contributed by atoms with E-state index in [2.05, 4.69) is 12.2 Å². The van der Waals surface area contributed by atoms with Gasteiger partial charge < -0.3 is 14.8 Å². The Morgan fingerprint density at radius 3 is 2.47 bits per heavy atom. The molecule has 0 aromatic carbocycles. The van der Waals surface area contributed by atoms with Gasteiger partial charge in [0, 0.05) is 13.5 Å². The number of methoxy groups -OCH3 is 2. The SMILES string of the molecule is CCCNC(C)(CC(C)OC)C(=O)OC. The van der Waals surface area contributed by atoms with Crippen LogP contribution < -0.4 is 5.32 Å². The molecule has 4 nitrogen and oxygen atoms in total. The maximum atomic E-state index is 11.7. The number of ether oxygens (including phenoxy) is 2. The lowest BCUT2D eigenvalue weighted by molar-refractivity contribution is -0.149. The fraction of sp³-hybridized carbons (Fsp3) is 0.909. The first-order valence-corrected chi connectivity index (χ1v) is 5.36. The third kappa shape index (κ3) is 4.62. The van der Waals surface area contributed by atoms with Crippen LogP contribution in [0.15, 0.2) is 0 Å². The van der Waals surface area contributed by atoms with E-state index in [0.29, 0.717) is 6.42 Å². The van der Waals surface area contributed by atoms with Crippen molar-refractivity contribution in [3.8, 4) is 0 Å². The van der Waals surface area contributed by atoms with E-state index >= 15 is 0 Å². The first kappa shape index (κ1) is 14.4. The van der Waals surface area contributed by atoms with Crippen molar-refractivity contribution < 1.29 is 14.3 Å². The Morgan fingerprint density at radius 2 is 2.07 bits per heavy atom. The predicted octanol–water partition coefficient (Wildman–Crippen LogP) is 1.34. The van der Waals surface area contributed by atoms with Gasteiger partial charge in [-0.3, -0.25) is 4.79 Å². The fourth-order valence-electron chi connectivity index (χ4n) is 1.51. The van der Waals surface area contributed by atoms with Crippen LogP contribution in [0.1, 0.15) is 33.6 Å². The molecule has 0 rings (SSSR count). The molecule has 0 aliphatic rings. The minimum Gasteiger partial charge on any atom is -0.468 e. The molecule has 0 saturated carbocycles. The fourth-order valence-corrected chi connectivity index (χ4v) is 1.51. The van der Waals surface area contributed by atoms with E-state index in [1.807, 2.05) is 13.8 Å².